The van der Waals surface area contributed by atoms with Gasteiger partial charge in [-0.15, -0.1) is 5.06 Å². The first-order valence-electron chi connectivity index (χ1n) is 12.0. The summed E-state index contributed by atoms with van der Waals surface area (Å²) < 4.78 is 11.0. The number of rotatable bonds is 9. The highest BCUT2D eigenvalue weighted by Crippen LogP contribution is 2.28. The van der Waals surface area contributed by atoms with Gasteiger partial charge in [0.2, 0.25) is 0 Å². The van der Waals surface area contributed by atoms with Crippen LogP contribution in [0.3, 0.4) is 0 Å². The number of esters is 1. The maximum absolute atomic E-state index is 13.2. The Balaban J connectivity index is 1.37. The van der Waals surface area contributed by atoms with Crippen LogP contribution in [0.5, 0.6) is 11.5 Å². The van der Waals surface area contributed by atoms with Crippen LogP contribution in [0.2, 0.25) is 0 Å². The number of anilines is 2. The minimum Gasteiger partial charge on any atom is -0.495 e. The Hall–Kier alpha value is -3.89. The van der Waals surface area contributed by atoms with Gasteiger partial charge in [-0.1, -0.05) is 18.2 Å². The van der Waals surface area contributed by atoms with E-state index in [1.54, 1.807) is 53.6 Å². The molecule has 0 aliphatic carbocycles. The molecule has 3 aromatic carbocycles. The van der Waals surface area contributed by atoms with E-state index in [0.717, 1.165) is 16.5 Å². The summed E-state index contributed by atoms with van der Waals surface area (Å²) in [5.74, 6) is 0.577. The number of nitrogens with zero attached hydrogens (tertiary/aromatic N) is 1. The summed E-state index contributed by atoms with van der Waals surface area (Å²) in [6.07, 6.45) is 1.70. The number of ether oxygens (including phenoxy) is 2. The second-order valence-corrected chi connectivity index (χ2v) is 9.50. The molecule has 0 bridgehead atoms. The molecule has 0 saturated carbocycles. The van der Waals surface area contributed by atoms with Gasteiger partial charge in [0.1, 0.15) is 17.5 Å². The summed E-state index contributed by atoms with van der Waals surface area (Å²) in [6.45, 7) is 0.619. The maximum Gasteiger partial charge on any atom is 0.337 e. The molecule has 1 saturated heterocycles. The minimum absolute atomic E-state index is 0.0168. The van der Waals surface area contributed by atoms with Crippen molar-refractivity contribution in [2.75, 3.05) is 31.4 Å². The zero-order valence-electron chi connectivity index (χ0n) is 21.0. The van der Waals surface area contributed by atoms with Crippen LogP contribution in [0.4, 0.5) is 16.2 Å². The van der Waals surface area contributed by atoms with E-state index in [4.69, 9.17) is 14.3 Å². The van der Waals surface area contributed by atoms with Crippen LogP contribution in [-0.4, -0.2) is 49.7 Å². The highest BCUT2D eigenvalue weighted by Gasteiger charge is 2.32. The number of methoxy groups -OCH3 is 2. The van der Waals surface area contributed by atoms with Crippen molar-refractivity contribution < 1.29 is 28.7 Å². The zero-order valence-corrected chi connectivity index (χ0v) is 22.6. The number of para-hydroxylation sites is 1. The van der Waals surface area contributed by atoms with Crippen molar-refractivity contribution in [2.45, 2.75) is 25.3 Å². The van der Waals surface area contributed by atoms with Gasteiger partial charge in [0.05, 0.1) is 31.2 Å². The minimum atomic E-state index is -0.424. The molecule has 10 heteroatoms. The van der Waals surface area contributed by atoms with E-state index < -0.39 is 18.0 Å². The van der Waals surface area contributed by atoms with E-state index in [9.17, 15) is 14.4 Å². The van der Waals surface area contributed by atoms with Crippen molar-refractivity contribution in [1.82, 2.24) is 5.06 Å². The predicted molar refractivity (Wildman–Crippen MR) is 147 cm³/mol. The van der Waals surface area contributed by atoms with Crippen molar-refractivity contribution in [1.29, 1.82) is 0 Å². The molecule has 4 rings (SSSR count). The van der Waals surface area contributed by atoms with Gasteiger partial charge in [-0.25, -0.2) is 9.59 Å². The largest absolute Gasteiger partial charge is 0.495 e. The summed E-state index contributed by atoms with van der Waals surface area (Å²) in [4.78, 5) is 43.3. The van der Waals surface area contributed by atoms with E-state index in [-0.39, 0.29) is 12.2 Å². The van der Waals surface area contributed by atoms with Crippen LogP contribution in [0.1, 0.15) is 28.8 Å². The molecule has 9 nitrogen and oxygen atoms in total. The van der Waals surface area contributed by atoms with Gasteiger partial charge in [-0.3, -0.25) is 4.79 Å². The number of Topliss-reactive ketones (excluding diaryl/α,β-unsaturated/α-hetero) is 1. The molecule has 3 aromatic rings. The molecule has 198 valence electrons. The molecular weight excluding hydrogens is 554 g/mol. The van der Waals surface area contributed by atoms with Crippen LogP contribution >= 0.6 is 15.9 Å². The second kappa shape index (κ2) is 12.6. The Morgan fingerprint density at radius 1 is 0.974 bits per heavy atom. The molecule has 1 heterocycles. The first-order valence-corrected chi connectivity index (χ1v) is 12.8. The Morgan fingerprint density at radius 3 is 2.42 bits per heavy atom. The lowest BCUT2D eigenvalue weighted by molar-refractivity contribution is -0.135. The Bertz CT molecular complexity index is 1310. The smallest absolute Gasteiger partial charge is 0.337 e. The fourth-order valence-corrected chi connectivity index (χ4v) is 4.57. The van der Waals surface area contributed by atoms with Crippen molar-refractivity contribution in [3.8, 4) is 11.5 Å². The second-order valence-electron chi connectivity index (χ2n) is 8.64. The lowest BCUT2D eigenvalue weighted by atomic mass is 10.0. The van der Waals surface area contributed by atoms with Crippen molar-refractivity contribution >= 4 is 45.1 Å². The third kappa shape index (κ3) is 6.70. The van der Waals surface area contributed by atoms with Gasteiger partial charge >= 0.3 is 12.0 Å². The third-order valence-electron chi connectivity index (χ3n) is 6.09. The number of carbonyl (C=O) groups excluding carboxylic acids is 3. The molecule has 1 aliphatic rings. The van der Waals surface area contributed by atoms with Gasteiger partial charge in [0, 0.05) is 17.4 Å². The topological polar surface area (TPSA) is 106 Å². The van der Waals surface area contributed by atoms with Gasteiger partial charge in [0.25, 0.3) is 0 Å². The van der Waals surface area contributed by atoms with E-state index >= 15 is 0 Å². The van der Waals surface area contributed by atoms with Crippen LogP contribution < -0.4 is 20.2 Å². The number of carbonyl (C=O) groups is 3. The summed E-state index contributed by atoms with van der Waals surface area (Å²) in [6, 6.07) is 18.3. The molecule has 2 N–H and O–H groups in total. The van der Waals surface area contributed by atoms with Crippen molar-refractivity contribution in [3.63, 3.8) is 0 Å². The standard InChI is InChI=1S/C28H28BrN3O6/c1-36-26-17-18(9-14-23(26)31-28(35)30-22-7-4-3-6-21(22)29)16-25(33)24-8-5-15-32(24)38-20-12-10-19(11-13-20)27(34)37-2/h3-4,6-7,9-14,17,24H,5,8,15-16H2,1-2H3,(H2,30,31,35)/t24-/m0/s1. The van der Waals surface area contributed by atoms with Crippen LogP contribution in [0.15, 0.2) is 71.2 Å². The summed E-state index contributed by atoms with van der Waals surface area (Å²) in [5, 5.41) is 7.25. The molecular formula is C28H28BrN3O6. The van der Waals surface area contributed by atoms with Crippen molar-refractivity contribution in [2.24, 2.45) is 0 Å². The quantitative estimate of drug-likeness (QED) is 0.323. The number of benzene rings is 3. The Labute approximate surface area is 229 Å². The number of hydrogen-bond donors (Lipinski definition) is 2. The van der Waals surface area contributed by atoms with Crippen LogP contribution in [-0.2, 0) is 16.0 Å². The molecule has 38 heavy (non-hydrogen) atoms. The molecule has 0 radical (unpaired) electrons. The number of urea groups is 1. The number of hydroxylamine groups is 2. The molecule has 0 aromatic heterocycles. The number of amides is 2. The first-order chi connectivity index (χ1) is 18.4. The fraction of sp³-hybridized carbons (Fsp3) is 0.250. The Kier molecular flexibility index (Phi) is 8.98. The number of ketones is 1. The van der Waals surface area contributed by atoms with Gasteiger partial charge in [-0.05, 0) is 82.9 Å². The Morgan fingerprint density at radius 2 is 1.71 bits per heavy atom. The predicted octanol–water partition coefficient (Wildman–Crippen LogP) is 5.46. The highest BCUT2D eigenvalue weighted by atomic mass is 79.9. The van der Waals surface area contributed by atoms with Gasteiger partial charge < -0.3 is 24.9 Å². The monoisotopic (exact) mass is 581 g/mol. The zero-order chi connectivity index (χ0) is 27.1. The molecule has 1 atom stereocenters. The lowest BCUT2D eigenvalue weighted by Crippen LogP contribution is -2.39. The average molecular weight is 582 g/mol. The van der Waals surface area contributed by atoms with Gasteiger partial charge in [-0.2, -0.15) is 0 Å². The molecule has 1 aliphatic heterocycles. The fourth-order valence-electron chi connectivity index (χ4n) is 4.18. The van der Waals surface area contributed by atoms with E-state index in [0.29, 0.717) is 41.4 Å². The molecule has 0 spiro atoms. The summed E-state index contributed by atoms with van der Waals surface area (Å²) in [7, 11) is 2.84. The summed E-state index contributed by atoms with van der Waals surface area (Å²) in [5.41, 5.74) is 2.30. The van der Waals surface area contributed by atoms with E-state index in [1.807, 2.05) is 18.2 Å². The molecule has 0 unspecified atom stereocenters. The number of nitrogens with one attached hydrogen (secondary N) is 2. The van der Waals surface area contributed by atoms with Crippen molar-refractivity contribution in [3.05, 3.63) is 82.3 Å². The third-order valence-corrected chi connectivity index (χ3v) is 6.78. The number of hydrogen-bond acceptors (Lipinski definition) is 7. The number of halogens is 1. The highest BCUT2D eigenvalue weighted by molar-refractivity contribution is 9.10. The molecule has 2 amide bonds. The average Bonchev–Trinajstić information content (AvgIpc) is 3.39. The van der Waals surface area contributed by atoms with Gasteiger partial charge in [0.15, 0.2) is 5.78 Å². The maximum atomic E-state index is 13.2. The molecule has 1 fully saturated rings. The lowest BCUT2D eigenvalue weighted by Gasteiger charge is -2.23. The SMILES string of the molecule is COC(=O)c1ccc(ON2CCC[C@H]2C(=O)Cc2ccc(NC(=O)Nc3ccccc3Br)c(OC)c2)cc1. The van der Waals surface area contributed by atoms with Crippen LogP contribution in [0.25, 0.3) is 0 Å². The summed E-state index contributed by atoms with van der Waals surface area (Å²) >= 11 is 3.40. The van der Waals surface area contributed by atoms with E-state index in [2.05, 4.69) is 26.6 Å². The van der Waals surface area contributed by atoms with Crippen LogP contribution in [0, 0.1) is 0 Å². The first kappa shape index (κ1) is 27.2. The normalized spacial score (nSPS) is 15.0. The van der Waals surface area contributed by atoms with E-state index in [1.165, 1.54) is 14.2 Å².